The van der Waals surface area contributed by atoms with Crippen LogP contribution in [0.3, 0.4) is 0 Å². The quantitative estimate of drug-likeness (QED) is 0.871. The zero-order valence-corrected chi connectivity index (χ0v) is 11.9. The summed E-state index contributed by atoms with van der Waals surface area (Å²) in [6.45, 7) is 7.39. The third kappa shape index (κ3) is 2.67. The molecular formula is C14H24N4O. The summed E-state index contributed by atoms with van der Waals surface area (Å²) in [7, 11) is 0. The standard InChI is InChI=1S/C14H24N4O/c1-10(2)17-7-3-4-11(8-17)14-15-13-6-5-12(19)9-18(13)16-14/h10-12,19H,3-9H2,1-2H3. The van der Waals surface area contributed by atoms with Crippen molar-refractivity contribution in [1.82, 2.24) is 19.7 Å². The molecule has 2 unspecified atom stereocenters. The molecule has 3 rings (SSSR count). The first-order chi connectivity index (χ1) is 9.13. The lowest BCUT2D eigenvalue weighted by Gasteiger charge is -2.34. The maximum absolute atomic E-state index is 9.69. The first-order valence-corrected chi connectivity index (χ1v) is 7.49. The molecule has 0 radical (unpaired) electrons. The third-order valence-electron chi connectivity index (χ3n) is 4.40. The van der Waals surface area contributed by atoms with Crippen LogP contribution in [0.25, 0.3) is 0 Å². The number of likely N-dealkylation sites (tertiary alicyclic amines) is 1. The maximum Gasteiger partial charge on any atom is 0.155 e. The summed E-state index contributed by atoms with van der Waals surface area (Å²) in [6.07, 6.45) is 3.85. The number of aromatic nitrogens is 3. The van der Waals surface area contributed by atoms with Crippen molar-refractivity contribution >= 4 is 0 Å². The summed E-state index contributed by atoms with van der Waals surface area (Å²) in [5.74, 6) is 2.52. The van der Waals surface area contributed by atoms with Crippen LogP contribution in [0.5, 0.6) is 0 Å². The average molecular weight is 264 g/mol. The fourth-order valence-electron chi connectivity index (χ4n) is 3.17. The molecule has 1 aromatic rings. The SMILES string of the molecule is CC(C)N1CCCC(c2nc3n(n2)CC(O)CC3)C1. The van der Waals surface area contributed by atoms with Crippen LogP contribution in [0.1, 0.15) is 50.7 Å². The summed E-state index contributed by atoms with van der Waals surface area (Å²) in [4.78, 5) is 7.23. The summed E-state index contributed by atoms with van der Waals surface area (Å²) < 4.78 is 1.91. The normalized spacial score (nSPS) is 28.6. The number of nitrogens with zero attached hydrogens (tertiary/aromatic N) is 4. The highest BCUT2D eigenvalue weighted by Crippen LogP contribution is 2.27. The van der Waals surface area contributed by atoms with Crippen molar-refractivity contribution < 1.29 is 5.11 Å². The van der Waals surface area contributed by atoms with Gasteiger partial charge in [-0.1, -0.05) is 0 Å². The zero-order valence-electron chi connectivity index (χ0n) is 11.9. The van der Waals surface area contributed by atoms with Crippen LogP contribution in [-0.4, -0.2) is 50.0 Å². The molecule has 0 amide bonds. The van der Waals surface area contributed by atoms with Gasteiger partial charge >= 0.3 is 0 Å². The maximum atomic E-state index is 9.69. The van der Waals surface area contributed by atoms with E-state index in [1.54, 1.807) is 0 Å². The highest BCUT2D eigenvalue weighted by atomic mass is 16.3. The molecule has 1 saturated heterocycles. The van der Waals surface area contributed by atoms with E-state index in [1.165, 1.54) is 19.4 Å². The van der Waals surface area contributed by atoms with E-state index >= 15 is 0 Å². The second-order valence-corrected chi connectivity index (χ2v) is 6.19. The topological polar surface area (TPSA) is 54.2 Å². The molecule has 0 spiro atoms. The second kappa shape index (κ2) is 5.21. The van der Waals surface area contributed by atoms with Crippen molar-refractivity contribution in [2.45, 2.75) is 64.1 Å². The highest BCUT2D eigenvalue weighted by Gasteiger charge is 2.28. The number of hydrogen-bond acceptors (Lipinski definition) is 4. The van der Waals surface area contributed by atoms with Gasteiger partial charge in [-0.15, -0.1) is 0 Å². The Morgan fingerprint density at radius 1 is 1.26 bits per heavy atom. The minimum absolute atomic E-state index is 0.249. The van der Waals surface area contributed by atoms with E-state index in [9.17, 15) is 5.11 Å². The van der Waals surface area contributed by atoms with E-state index in [-0.39, 0.29) is 6.10 Å². The molecule has 2 aliphatic rings. The highest BCUT2D eigenvalue weighted by molar-refractivity contribution is 5.04. The summed E-state index contributed by atoms with van der Waals surface area (Å²) in [5.41, 5.74) is 0. The average Bonchev–Trinajstić information content (AvgIpc) is 2.81. The zero-order chi connectivity index (χ0) is 13.4. The van der Waals surface area contributed by atoms with Crippen molar-refractivity contribution in [1.29, 1.82) is 0 Å². The van der Waals surface area contributed by atoms with Gasteiger partial charge in [0.2, 0.25) is 0 Å². The van der Waals surface area contributed by atoms with Gasteiger partial charge in [0, 0.05) is 24.9 Å². The first-order valence-electron chi connectivity index (χ1n) is 7.49. The monoisotopic (exact) mass is 264 g/mol. The van der Waals surface area contributed by atoms with Gasteiger partial charge in [0.15, 0.2) is 5.82 Å². The van der Waals surface area contributed by atoms with Crippen LogP contribution in [-0.2, 0) is 13.0 Å². The van der Waals surface area contributed by atoms with Gasteiger partial charge in [-0.25, -0.2) is 9.67 Å². The summed E-state index contributed by atoms with van der Waals surface area (Å²) in [5, 5.41) is 14.3. The van der Waals surface area contributed by atoms with Gasteiger partial charge in [-0.2, -0.15) is 5.10 Å². The number of fused-ring (bicyclic) bond motifs is 1. The van der Waals surface area contributed by atoms with Crippen molar-refractivity contribution in [2.24, 2.45) is 0 Å². The van der Waals surface area contributed by atoms with Crippen molar-refractivity contribution in [3.63, 3.8) is 0 Å². The Kier molecular flexibility index (Phi) is 3.58. The molecule has 0 aromatic carbocycles. The predicted octanol–water partition coefficient (Wildman–Crippen LogP) is 1.17. The lowest BCUT2D eigenvalue weighted by atomic mass is 9.96. The number of hydrogen-bond donors (Lipinski definition) is 1. The fourth-order valence-corrected chi connectivity index (χ4v) is 3.17. The largest absolute Gasteiger partial charge is 0.391 e. The molecule has 1 fully saturated rings. The fraction of sp³-hybridized carbons (Fsp3) is 0.857. The molecule has 1 N–H and O–H groups in total. The van der Waals surface area contributed by atoms with Crippen LogP contribution in [0, 0.1) is 0 Å². The number of aliphatic hydroxyl groups excluding tert-OH is 1. The van der Waals surface area contributed by atoms with E-state index in [1.807, 2.05) is 4.68 Å². The van der Waals surface area contributed by atoms with E-state index in [0.29, 0.717) is 18.5 Å². The number of aliphatic hydroxyl groups is 1. The smallest absolute Gasteiger partial charge is 0.155 e. The van der Waals surface area contributed by atoms with Gasteiger partial charge < -0.3 is 10.0 Å². The third-order valence-corrected chi connectivity index (χ3v) is 4.40. The molecule has 2 aliphatic heterocycles. The molecule has 0 aliphatic carbocycles. The van der Waals surface area contributed by atoms with Crippen molar-refractivity contribution in [3.05, 3.63) is 11.6 Å². The number of rotatable bonds is 2. The Labute approximate surface area is 114 Å². The Morgan fingerprint density at radius 3 is 2.89 bits per heavy atom. The van der Waals surface area contributed by atoms with Gasteiger partial charge in [-0.05, 0) is 39.7 Å². The molecular weight excluding hydrogens is 240 g/mol. The van der Waals surface area contributed by atoms with E-state index < -0.39 is 0 Å². The Morgan fingerprint density at radius 2 is 2.11 bits per heavy atom. The van der Waals surface area contributed by atoms with Crippen LogP contribution in [0.2, 0.25) is 0 Å². The molecule has 1 aromatic heterocycles. The molecule has 19 heavy (non-hydrogen) atoms. The summed E-state index contributed by atoms with van der Waals surface area (Å²) >= 11 is 0. The van der Waals surface area contributed by atoms with Crippen molar-refractivity contribution in [3.8, 4) is 0 Å². The Balaban J connectivity index is 1.75. The van der Waals surface area contributed by atoms with E-state index in [4.69, 9.17) is 4.98 Å². The molecule has 5 nitrogen and oxygen atoms in total. The first kappa shape index (κ1) is 13.1. The Hall–Kier alpha value is -0.940. The number of piperidine rings is 1. The van der Waals surface area contributed by atoms with E-state index in [0.717, 1.165) is 31.0 Å². The minimum Gasteiger partial charge on any atom is -0.391 e. The van der Waals surface area contributed by atoms with Gasteiger partial charge in [-0.3, -0.25) is 0 Å². The van der Waals surface area contributed by atoms with Crippen LogP contribution >= 0.6 is 0 Å². The van der Waals surface area contributed by atoms with Crippen LogP contribution in [0.15, 0.2) is 0 Å². The van der Waals surface area contributed by atoms with Gasteiger partial charge in [0.25, 0.3) is 0 Å². The van der Waals surface area contributed by atoms with Crippen LogP contribution in [0.4, 0.5) is 0 Å². The van der Waals surface area contributed by atoms with E-state index in [2.05, 4.69) is 23.8 Å². The lowest BCUT2D eigenvalue weighted by Crippen LogP contribution is -2.39. The Bertz CT molecular complexity index is 443. The second-order valence-electron chi connectivity index (χ2n) is 6.19. The predicted molar refractivity (Wildman–Crippen MR) is 73.0 cm³/mol. The molecule has 3 heterocycles. The molecule has 2 atom stereocenters. The van der Waals surface area contributed by atoms with Crippen LogP contribution < -0.4 is 0 Å². The molecule has 0 bridgehead atoms. The molecule has 5 heteroatoms. The molecule has 0 saturated carbocycles. The number of aryl methyl sites for hydroxylation is 1. The van der Waals surface area contributed by atoms with Gasteiger partial charge in [0.1, 0.15) is 5.82 Å². The summed E-state index contributed by atoms with van der Waals surface area (Å²) in [6, 6.07) is 0.599. The minimum atomic E-state index is -0.249. The van der Waals surface area contributed by atoms with Crippen molar-refractivity contribution in [2.75, 3.05) is 13.1 Å². The molecule has 106 valence electrons. The lowest BCUT2D eigenvalue weighted by molar-refractivity contribution is 0.124. The van der Waals surface area contributed by atoms with Gasteiger partial charge in [0.05, 0.1) is 12.6 Å².